The second-order valence-corrected chi connectivity index (χ2v) is 5.89. The highest BCUT2D eigenvalue weighted by Crippen LogP contribution is 2.21. The summed E-state index contributed by atoms with van der Waals surface area (Å²) < 4.78 is 5.30. The van der Waals surface area contributed by atoms with Gasteiger partial charge in [-0.2, -0.15) is 0 Å². The van der Waals surface area contributed by atoms with Crippen LogP contribution in [0.25, 0.3) is 0 Å². The molecule has 0 aliphatic rings. The minimum atomic E-state index is -1.70. The molecule has 0 spiro atoms. The van der Waals surface area contributed by atoms with Crippen LogP contribution in [0.3, 0.4) is 0 Å². The topological polar surface area (TPSA) is 113 Å². The van der Waals surface area contributed by atoms with Crippen molar-refractivity contribution in [2.24, 2.45) is 0 Å². The van der Waals surface area contributed by atoms with Crippen LogP contribution in [-0.4, -0.2) is 22.0 Å². The SMILES string of the molecule is C/C=C/C(=O)Oc1ccccc1CCCCCCCC([N+](=O)[O-])[N+](=O)[O-]. The number of ether oxygens (including phenoxy) is 1. The summed E-state index contributed by atoms with van der Waals surface area (Å²) in [7, 11) is 0. The molecular weight excluding hydrogens is 340 g/mol. The third-order valence-corrected chi connectivity index (χ3v) is 3.88. The van der Waals surface area contributed by atoms with Gasteiger partial charge in [0.25, 0.3) is 0 Å². The molecule has 0 aliphatic heterocycles. The molecular formula is C18H24N2O6. The van der Waals surface area contributed by atoms with E-state index in [1.807, 2.05) is 18.2 Å². The van der Waals surface area contributed by atoms with Crippen molar-refractivity contribution in [2.75, 3.05) is 0 Å². The summed E-state index contributed by atoms with van der Waals surface area (Å²) in [6.07, 6.45) is 5.81. The molecule has 8 nitrogen and oxygen atoms in total. The summed E-state index contributed by atoms with van der Waals surface area (Å²) in [5.41, 5.74) is 0.951. The number of carbonyl (C=O) groups is 1. The Kier molecular flexibility index (Phi) is 9.59. The van der Waals surface area contributed by atoms with Crippen LogP contribution >= 0.6 is 0 Å². The molecule has 1 rings (SSSR count). The molecule has 0 bridgehead atoms. The van der Waals surface area contributed by atoms with E-state index in [1.54, 1.807) is 19.1 Å². The van der Waals surface area contributed by atoms with Crippen molar-refractivity contribution >= 4 is 5.97 Å². The van der Waals surface area contributed by atoms with Crippen molar-refractivity contribution in [3.8, 4) is 5.75 Å². The van der Waals surface area contributed by atoms with Crippen molar-refractivity contribution in [1.82, 2.24) is 0 Å². The average molecular weight is 364 g/mol. The zero-order chi connectivity index (χ0) is 19.4. The number of benzene rings is 1. The molecule has 0 unspecified atom stereocenters. The molecule has 1 aromatic carbocycles. The second kappa shape index (κ2) is 11.7. The maximum absolute atomic E-state index is 11.6. The van der Waals surface area contributed by atoms with Gasteiger partial charge >= 0.3 is 12.1 Å². The number of carbonyl (C=O) groups excluding carboxylic acids is 1. The van der Waals surface area contributed by atoms with E-state index in [4.69, 9.17) is 4.74 Å². The third kappa shape index (κ3) is 7.87. The van der Waals surface area contributed by atoms with Gasteiger partial charge in [-0.25, -0.2) is 4.79 Å². The first kappa shape index (κ1) is 21.3. The molecule has 0 atom stereocenters. The van der Waals surface area contributed by atoms with Crippen LogP contribution in [0, 0.1) is 20.2 Å². The first-order valence-electron chi connectivity index (χ1n) is 8.65. The first-order chi connectivity index (χ1) is 12.5. The Hall–Kier alpha value is -2.77. The third-order valence-electron chi connectivity index (χ3n) is 3.88. The quantitative estimate of drug-likeness (QED) is 0.106. The van der Waals surface area contributed by atoms with Crippen LogP contribution in [0.15, 0.2) is 36.4 Å². The number of hydrogen-bond acceptors (Lipinski definition) is 6. The number of aryl methyl sites for hydroxylation is 1. The van der Waals surface area contributed by atoms with E-state index in [-0.39, 0.29) is 6.42 Å². The first-order valence-corrected chi connectivity index (χ1v) is 8.65. The predicted molar refractivity (Wildman–Crippen MR) is 96.1 cm³/mol. The number of nitrogens with zero attached hydrogens (tertiary/aromatic N) is 2. The predicted octanol–water partition coefficient (Wildman–Crippen LogP) is 3.93. The van der Waals surface area contributed by atoms with Gasteiger partial charge in [0.05, 0.1) is 16.3 Å². The van der Waals surface area contributed by atoms with E-state index in [0.29, 0.717) is 12.2 Å². The van der Waals surface area contributed by atoms with Crippen LogP contribution in [0.1, 0.15) is 51.0 Å². The number of hydrogen-bond donors (Lipinski definition) is 0. The second-order valence-electron chi connectivity index (χ2n) is 5.89. The fraction of sp³-hybridized carbons (Fsp3) is 0.500. The normalized spacial score (nSPS) is 11.0. The van der Waals surface area contributed by atoms with Gasteiger partial charge in [0.1, 0.15) is 5.75 Å². The molecule has 26 heavy (non-hydrogen) atoms. The number of para-hydroxylation sites is 1. The molecule has 0 aromatic heterocycles. The maximum atomic E-state index is 11.6. The molecule has 0 heterocycles. The number of esters is 1. The summed E-state index contributed by atoms with van der Waals surface area (Å²) in [5, 5.41) is 21.1. The summed E-state index contributed by atoms with van der Waals surface area (Å²) in [6, 6.07) is 7.36. The highest BCUT2D eigenvalue weighted by Gasteiger charge is 2.30. The molecule has 8 heteroatoms. The largest absolute Gasteiger partial charge is 0.450 e. The molecule has 0 saturated heterocycles. The molecule has 0 N–H and O–H groups in total. The lowest BCUT2D eigenvalue weighted by atomic mass is 10.0. The highest BCUT2D eigenvalue weighted by molar-refractivity contribution is 5.84. The number of unbranched alkanes of at least 4 members (excludes halogenated alkanes) is 4. The van der Waals surface area contributed by atoms with Crippen LogP contribution in [0.4, 0.5) is 0 Å². The maximum Gasteiger partial charge on any atom is 0.450 e. The average Bonchev–Trinajstić information content (AvgIpc) is 2.58. The van der Waals surface area contributed by atoms with E-state index in [9.17, 15) is 25.0 Å². The summed E-state index contributed by atoms with van der Waals surface area (Å²) in [5.74, 6) is 0.140. The lowest BCUT2D eigenvalue weighted by Gasteiger charge is -2.08. The summed E-state index contributed by atoms with van der Waals surface area (Å²) in [4.78, 5) is 31.0. The molecule has 1 aromatic rings. The number of rotatable bonds is 12. The smallest absolute Gasteiger partial charge is 0.423 e. The molecule has 0 fully saturated rings. The van der Waals surface area contributed by atoms with E-state index in [0.717, 1.165) is 37.7 Å². The summed E-state index contributed by atoms with van der Waals surface area (Å²) >= 11 is 0. The van der Waals surface area contributed by atoms with Crippen molar-refractivity contribution in [3.05, 3.63) is 62.2 Å². The van der Waals surface area contributed by atoms with E-state index < -0.39 is 22.0 Å². The Bertz CT molecular complexity index is 630. The Morgan fingerprint density at radius 2 is 1.69 bits per heavy atom. The number of nitro groups is 2. The van der Waals surface area contributed by atoms with Gasteiger partial charge < -0.3 is 4.74 Å². The van der Waals surface area contributed by atoms with Gasteiger partial charge in [-0.05, 0) is 37.8 Å². The summed E-state index contributed by atoms with van der Waals surface area (Å²) in [6.45, 7) is 1.74. The van der Waals surface area contributed by atoms with E-state index >= 15 is 0 Å². The standard InChI is InChI=1S/C18H24N2O6/c1-2-10-18(21)26-16-13-9-8-12-15(16)11-6-4-3-5-7-14-17(19(22)23)20(24)25/h2,8-10,12-13,17H,3-7,11,14H2,1H3/b10-2+. The van der Waals surface area contributed by atoms with Crippen LogP contribution in [0.2, 0.25) is 0 Å². The molecule has 0 saturated carbocycles. The van der Waals surface area contributed by atoms with Crippen LogP contribution < -0.4 is 4.74 Å². The fourth-order valence-electron chi connectivity index (χ4n) is 2.55. The zero-order valence-electron chi connectivity index (χ0n) is 14.8. The lowest BCUT2D eigenvalue weighted by molar-refractivity contribution is -0.743. The highest BCUT2D eigenvalue weighted by atomic mass is 16.7. The van der Waals surface area contributed by atoms with Gasteiger partial charge in [-0.3, -0.25) is 20.2 Å². The lowest BCUT2D eigenvalue weighted by Crippen LogP contribution is -2.28. The van der Waals surface area contributed by atoms with E-state index in [2.05, 4.69) is 0 Å². The van der Waals surface area contributed by atoms with Gasteiger partial charge in [0.2, 0.25) is 0 Å². The van der Waals surface area contributed by atoms with Crippen molar-refractivity contribution in [2.45, 2.75) is 58.0 Å². The van der Waals surface area contributed by atoms with E-state index in [1.165, 1.54) is 6.08 Å². The van der Waals surface area contributed by atoms with Gasteiger partial charge in [0.15, 0.2) is 0 Å². The minimum Gasteiger partial charge on any atom is -0.423 e. The van der Waals surface area contributed by atoms with Crippen molar-refractivity contribution in [3.63, 3.8) is 0 Å². The Labute approximate surface area is 152 Å². The Morgan fingerprint density at radius 1 is 1.08 bits per heavy atom. The minimum absolute atomic E-state index is 0.0380. The van der Waals surface area contributed by atoms with Crippen molar-refractivity contribution in [1.29, 1.82) is 0 Å². The van der Waals surface area contributed by atoms with Crippen molar-refractivity contribution < 1.29 is 19.4 Å². The zero-order valence-corrected chi connectivity index (χ0v) is 14.8. The molecule has 142 valence electrons. The van der Waals surface area contributed by atoms with Crippen LogP contribution in [0.5, 0.6) is 5.75 Å². The van der Waals surface area contributed by atoms with Gasteiger partial charge in [0, 0.05) is 6.08 Å². The van der Waals surface area contributed by atoms with Gasteiger partial charge in [-0.15, -0.1) is 0 Å². The molecule has 0 aliphatic carbocycles. The molecule has 0 radical (unpaired) electrons. The fourth-order valence-corrected chi connectivity index (χ4v) is 2.55. The Morgan fingerprint density at radius 3 is 2.35 bits per heavy atom. The number of allylic oxidation sites excluding steroid dienone is 1. The monoisotopic (exact) mass is 364 g/mol. The molecule has 0 amide bonds. The van der Waals surface area contributed by atoms with Gasteiger partial charge in [-0.1, -0.05) is 43.5 Å². The van der Waals surface area contributed by atoms with Crippen LogP contribution in [-0.2, 0) is 11.2 Å². The Balaban J connectivity index is 2.31.